The van der Waals surface area contributed by atoms with Gasteiger partial charge >= 0.3 is 0 Å². The van der Waals surface area contributed by atoms with Crippen LogP contribution < -0.4 is 5.73 Å². The van der Waals surface area contributed by atoms with E-state index in [0.717, 1.165) is 28.4 Å². The van der Waals surface area contributed by atoms with Gasteiger partial charge in [-0.1, -0.05) is 49.1 Å². The summed E-state index contributed by atoms with van der Waals surface area (Å²) < 4.78 is 1.95. The van der Waals surface area contributed by atoms with Crippen LogP contribution in [0.5, 0.6) is 0 Å². The number of carbonyl (C=O) groups excluding carboxylic acids is 1. The minimum Gasteiger partial charge on any atom is -0.370 e. The number of benzene rings is 1. The van der Waals surface area contributed by atoms with E-state index < -0.39 is 11.9 Å². The number of aromatic nitrogens is 3. The monoisotopic (exact) mass is 347 g/mol. The molecule has 6 heteroatoms. The summed E-state index contributed by atoms with van der Waals surface area (Å²) >= 11 is 0. The number of fused-ring (bicyclic) bond motifs is 3. The second kappa shape index (κ2) is 7.31. The standard InChI is InChI=1S/C20H21N5O/c1-4-8-14(9-5-2)19-15-10-6-7-11-17(15)25-13(3)23-24-20(25)16(22-19)12-18(21)26/h4-11,16H,1,12H2,2-3H3,(H2,21,26)/b9-5-,14-8+/t16-/m0/s1. The molecule has 3 rings (SSSR count). The van der Waals surface area contributed by atoms with Crippen LogP contribution in [0.2, 0.25) is 0 Å². The lowest BCUT2D eigenvalue weighted by molar-refractivity contribution is -0.118. The molecule has 0 aliphatic carbocycles. The summed E-state index contributed by atoms with van der Waals surface area (Å²) in [7, 11) is 0. The number of aryl methyl sites for hydroxylation is 1. The maximum Gasteiger partial charge on any atom is 0.220 e. The minimum atomic E-state index is -0.505. The third kappa shape index (κ3) is 3.13. The lowest BCUT2D eigenvalue weighted by atomic mass is 9.99. The van der Waals surface area contributed by atoms with Crippen LogP contribution in [0.15, 0.2) is 65.7 Å². The Hall–Kier alpha value is -3.28. The second-order valence-electron chi connectivity index (χ2n) is 5.98. The van der Waals surface area contributed by atoms with Gasteiger partial charge < -0.3 is 5.73 Å². The first kappa shape index (κ1) is 17.5. The van der Waals surface area contributed by atoms with Crippen molar-refractivity contribution in [2.45, 2.75) is 26.3 Å². The molecule has 2 heterocycles. The lowest BCUT2D eigenvalue weighted by Crippen LogP contribution is -2.17. The average Bonchev–Trinajstić information content (AvgIpc) is 2.93. The van der Waals surface area contributed by atoms with Gasteiger partial charge in [-0.25, -0.2) is 0 Å². The molecule has 1 aromatic heterocycles. The largest absolute Gasteiger partial charge is 0.370 e. The molecule has 0 saturated carbocycles. The van der Waals surface area contributed by atoms with Crippen molar-refractivity contribution in [3.63, 3.8) is 0 Å². The zero-order valence-corrected chi connectivity index (χ0v) is 14.9. The fourth-order valence-corrected chi connectivity index (χ4v) is 3.12. The van der Waals surface area contributed by atoms with Crippen molar-refractivity contribution in [3.05, 3.63) is 77.9 Å². The molecule has 2 N–H and O–H groups in total. The van der Waals surface area contributed by atoms with Crippen molar-refractivity contribution in [1.29, 1.82) is 0 Å². The molecule has 0 spiro atoms. The van der Waals surface area contributed by atoms with E-state index in [1.165, 1.54) is 0 Å². The number of para-hydroxylation sites is 1. The highest BCUT2D eigenvalue weighted by Crippen LogP contribution is 2.32. The molecular formula is C20H21N5O. The summed E-state index contributed by atoms with van der Waals surface area (Å²) in [5.74, 6) is 0.914. The van der Waals surface area contributed by atoms with E-state index in [1.807, 2.05) is 60.9 Å². The van der Waals surface area contributed by atoms with Gasteiger partial charge in [0.25, 0.3) is 0 Å². The Bertz CT molecular complexity index is 949. The van der Waals surface area contributed by atoms with E-state index in [1.54, 1.807) is 6.08 Å². The zero-order valence-electron chi connectivity index (χ0n) is 14.9. The zero-order chi connectivity index (χ0) is 18.7. The van der Waals surface area contributed by atoms with Crippen molar-refractivity contribution < 1.29 is 4.79 Å². The summed E-state index contributed by atoms with van der Waals surface area (Å²) in [4.78, 5) is 16.5. The maximum atomic E-state index is 11.6. The first-order valence-corrected chi connectivity index (χ1v) is 8.40. The van der Waals surface area contributed by atoms with Crippen molar-refractivity contribution in [2.75, 3.05) is 0 Å². The number of amides is 1. The molecule has 1 aliphatic rings. The van der Waals surface area contributed by atoms with Crippen LogP contribution in [0.4, 0.5) is 0 Å². The number of nitrogens with zero attached hydrogens (tertiary/aromatic N) is 4. The molecule has 1 aliphatic heterocycles. The number of nitrogens with two attached hydrogens (primary N) is 1. The highest BCUT2D eigenvalue weighted by atomic mass is 16.1. The normalized spacial score (nSPS) is 16.6. The molecular weight excluding hydrogens is 326 g/mol. The number of carbonyl (C=O) groups is 1. The van der Waals surface area contributed by atoms with Gasteiger partial charge in [0.2, 0.25) is 5.91 Å². The van der Waals surface area contributed by atoms with Gasteiger partial charge in [-0.05, 0) is 19.9 Å². The van der Waals surface area contributed by atoms with E-state index in [0.29, 0.717) is 5.82 Å². The average molecular weight is 347 g/mol. The van der Waals surface area contributed by atoms with Gasteiger partial charge in [-0.3, -0.25) is 14.4 Å². The Morgan fingerprint density at radius 1 is 1.35 bits per heavy atom. The Labute approximate surface area is 152 Å². The summed E-state index contributed by atoms with van der Waals surface area (Å²) in [5.41, 5.74) is 9.01. The van der Waals surface area contributed by atoms with Gasteiger partial charge in [0, 0.05) is 11.1 Å². The quantitative estimate of drug-likeness (QED) is 0.844. The van der Waals surface area contributed by atoms with E-state index in [2.05, 4.69) is 16.8 Å². The first-order valence-electron chi connectivity index (χ1n) is 8.40. The van der Waals surface area contributed by atoms with Crippen LogP contribution >= 0.6 is 0 Å². The van der Waals surface area contributed by atoms with Crippen LogP contribution in [0.3, 0.4) is 0 Å². The fourth-order valence-electron chi connectivity index (χ4n) is 3.12. The van der Waals surface area contributed by atoms with Crippen LogP contribution in [-0.4, -0.2) is 26.4 Å². The van der Waals surface area contributed by atoms with E-state index in [-0.39, 0.29) is 6.42 Å². The number of rotatable bonds is 5. The number of primary amides is 1. The molecule has 1 aromatic carbocycles. The summed E-state index contributed by atoms with van der Waals surface area (Å²) in [6.07, 6.45) is 7.60. The predicted octanol–water partition coefficient (Wildman–Crippen LogP) is 2.98. The van der Waals surface area contributed by atoms with Gasteiger partial charge in [-0.15, -0.1) is 10.2 Å². The maximum absolute atomic E-state index is 11.6. The fraction of sp³-hybridized carbons (Fsp3) is 0.200. The lowest BCUT2D eigenvalue weighted by Gasteiger charge is -2.12. The molecule has 0 bridgehead atoms. The third-order valence-electron chi connectivity index (χ3n) is 4.14. The molecule has 2 aromatic rings. The molecule has 0 radical (unpaired) electrons. The Kier molecular flexibility index (Phi) is 4.93. The van der Waals surface area contributed by atoms with Gasteiger partial charge in [0.15, 0.2) is 5.82 Å². The molecule has 0 unspecified atom stereocenters. The molecule has 132 valence electrons. The third-order valence-corrected chi connectivity index (χ3v) is 4.14. The first-order chi connectivity index (χ1) is 12.6. The van der Waals surface area contributed by atoms with Crippen LogP contribution in [-0.2, 0) is 4.79 Å². The number of allylic oxidation sites excluding steroid dienone is 5. The van der Waals surface area contributed by atoms with Crippen LogP contribution in [0.1, 0.15) is 36.6 Å². The SMILES string of the molecule is C=C/C=C(\C=C/C)C1=N[C@@H](CC(N)=O)c2nnc(C)n2-c2ccccc21. The summed E-state index contributed by atoms with van der Waals surface area (Å²) in [6, 6.07) is 7.42. The smallest absolute Gasteiger partial charge is 0.220 e. The summed E-state index contributed by atoms with van der Waals surface area (Å²) in [5, 5.41) is 8.46. The van der Waals surface area contributed by atoms with Crippen LogP contribution in [0.25, 0.3) is 5.69 Å². The Morgan fingerprint density at radius 3 is 2.81 bits per heavy atom. The Morgan fingerprint density at radius 2 is 2.12 bits per heavy atom. The molecule has 26 heavy (non-hydrogen) atoms. The molecule has 1 atom stereocenters. The Balaban J connectivity index is 2.33. The van der Waals surface area contributed by atoms with Crippen molar-refractivity contribution in [3.8, 4) is 5.69 Å². The second-order valence-corrected chi connectivity index (χ2v) is 5.98. The van der Waals surface area contributed by atoms with Gasteiger partial charge in [0.1, 0.15) is 11.9 Å². The van der Waals surface area contributed by atoms with Crippen molar-refractivity contribution >= 4 is 11.6 Å². The molecule has 0 saturated heterocycles. The van der Waals surface area contributed by atoms with Crippen molar-refractivity contribution in [2.24, 2.45) is 10.7 Å². The highest BCUT2D eigenvalue weighted by molar-refractivity contribution is 6.16. The minimum absolute atomic E-state index is 0.0623. The van der Waals surface area contributed by atoms with Crippen LogP contribution in [0, 0.1) is 6.92 Å². The van der Waals surface area contributed by atoms with E-state index in [9.17, 15) is 4.79 Å². The predicted molar refractivity (Wildman–Crippen MR) is 102 cm³/mol. The summed E-state index contributed by atoms with van der Waals surface area (Å²) in [6.45, 7) is 7.63. The topological polar surface area (TPSA) is 86.2 Å². The van der Waals surface area contributed by atoms with Crippen molar-refractivity contribution in [1.82, 2.24) is 14.8 Å². The molecule has 6 nitrogen and oxygen atoms in total. The number of hydrogen-bond donors (Lipinski definition) is 1. The van der Waals surface area contributed by atoms with Gasteiger partial charge in [-0.2, -0.15) is 0 Å². The van der Waals surface area contributed by atoms with E-state index >= 15 is 0 Å². The molecule has 1 amide bonds. The number of hydrogen-bond acceptors (Lipinski definition) is 4. The van der Waals surface area contributed by atoms with E-state index in [4.69, 9.17) is 10.7 Å². The van der Waals surface area contributed by atoms with Gasteiger partial charge in [0.05, 0.1) is 17.8 Å². The highest BCUT2D eigenvalue weighted by Gasteiger charge is 2.28. The molecule has 0 fully saturated rings. The number of aliphatic imine (C=N–C) groups is 1.